The lowest BCUT2D eigenvalue weighted by molar-refractivity contribution is -0.125. The number of hydrogen-bond donors (Lipinski definition) is 1. The molecule has 1 fully saturated rings. The molecule has 0 spiro atoms. The summed E-state index contributed by atoms with van der Waals surface area (Å²) in [5.41, 5.74) is -0.0749. The number of nitrogens with zero attached hydrogens (tertiary/aromatic N) is 1. The average Bonchev–Trinajstić information content (AvgIpc) is 2.45. The normalized spacial score (nSPS) is 25.6. The molecule has 1 aliphatic heterocycles. The van der Waals surface area contributed by atoms with Crippen LogP contribution in [0.25, 0.3) is 0 Å². The number of likely N-dealkylation sites (N-methyl/N-ethyl adjacent to an activating group) is 1. The first kappa shape index (κ1) is 9.71. The smallest absolute Gasteiger partial charge is 0.309 e. The zero-order valence-corrected chi connectivity index (χ0v) is 8.65. The molecule has 0 radical (unpaired) electrons. The number of carbonyl (C=O) groups is 2. The van der Waals surface area contributed by atoms with Gasteiger partial charge in [0.2, 0.25) is 0 Å². The first-order valence-corrected chi connectivity index (χ1v) is 4.71. The maximum Gasteiger partial charge on any atom is 0.325 e. The van der Waals surface area contributed by atoms with Crippen LogP contribution < -0.4 is 5.32 Å². The third-order valence-corrected chi connectivity index (χ3v) is 2.97. The lowest BCUT2D eigenvalue weighted by Gasteiger charge is -2.28. The second-order valence-corrected chi connectivity index (χ2v) is 3.76. The fourth-order valence-electron chi connectivity index (χ4n) is 1.75. The van der Waals surface area contributed by atoms with Crippen molar-refractivity contribution in [3.05, 3.63) is 35.9 Å². The molecule has 4 nitrogen and oxygen atoms in total. The molecule has 1 saturated heterocycles. The molecular weight excluding hydrogens is 192 g/mol. The van der Waals surface area contributed by atoms with Crippen LogP contribution in [0.15, 0.2) is 30.3 Å². The summed E-state index contributed by atoms with van der Waals surface area (Å²) in [5.74, 6) is -0.277. The van der Waals surface area contributed by atoms with E-state index in [-0.39, 0.29) is 11.9 Å². The van der Waals surface area contributed by atoms with Gasteiger partial charge in [0.15, 0.2) is 0 Å². The van der Waals surface area contributed by atoms with Gasteiger partial charge in [-0.3, -0.25) is 10.1 Å². The summed E-state index contributed by atoms with van der Waals surface area (Å²) in [6.45, 7) is 1.74. The zero-order chi connectivity index (χ0) is 11.1. The van der Waals surface area contributed by atoms with E-state index in [0.29, 0.717) is 0 Å². The van der Waals surface area contributed by atoms with Crippen molar-refractivity contribution >= 4 is 11.9 Å². The van der Waals surface area contributed by atoms with E-state index >= 15 is 0 Å². The topological polar surface area (TPSA) is 49.4 Å². The molecule has 1 aromatic rings. The molecule has 1 heterocycles. The van der Waals surface area contributed by atoms with Crippen molar-refractivity contribution in [3.63, 3.8) is 0 Å². The fraction of sp³-hybridized carbons (Fsp3) is 0.273. The van der Waals surface area contributed by atoms with Gasteiger partial charge in [0.25, 0.3) is 5.91 Å². The molecule has 78 valence electrons. The summed E-state index contributed by atoms with van der Waals surface area (Å²) in [6.07, 6.45) is 0. The Morgan fingerprint density at radius 3 is 2.27 bits per heavy atom. The van der Waals surface area contributed by atoms with Crippen molar-refractivity contribution in [1.29, 1.82) is 0 Å². The summed E-state index contributed by atoms with van der Waals surface area (Å²) in [5, 5.41) is 2.30. The number of benzene rings is 1. The fourth-order valence-corrected chi connectivity index (χ4v) is 1.75. The number of rotatable bonds is 1. The molecule has 4 heteroatoms. The van der Waals surface area contributed by atoms with Crippen LogP contribution >= 0.6 is 0 Å². The quantitative estimate of drug-likeness (QED) is 0.696. The largest absolute Gasteiger partial charge is 0.325 e. The van der Waals surface area contributed by atoms with E-state index in [1.165, 1.54) is 4.90 Å². The second-order valence-electron chi connectivity index (χ2n) is 3.76. The number of hydrogen-bond acceptors (Lipinski definition) is 2. The van der Waals surface area contributed by atoms with Gasteiger partial charge in [-0.25, -0.2) is 4.79 Å². The van der Waals surface area contributed by atoms with Gasteiger partial charge < -0.3 is 4.90 Å². The predicted molar refractivity (Wildman–Crippen MR) is 55.1 cm³/mol. The van der Waals surface area contributed by atoms with Crippen LogP contribution in [0, 0.1) is 0 Å². The Hall–Kier alpha value is -1.84. The van der Waals surface area contributed by atoms with Gasteiger partial charge in [-0.1, -0.05) is 30.3 Å². The first-order chi connectivity index (χ1) is 7.06. The Morgan fingerprint density at radius 1 is 1.20 bits per heavy atom. The van der Waals surface area contributed by atoms with Gasteiger partial charge in [0, 0.05) is 7.05 Å². The van der Waals surface area contributed by atoms with Crippen molar-refractivity contribution in [2.45, 2.75) is 12.5 Å². The summed E-state index contributed by atoms with van der Waals surface area (Å²) in [4.78, 5) is 24.5. The van der Waals surface area contributed by atoms with Crippen LogP contribution in [0.2, 0.25) is 0 Å². The highest BCUT2D eigenvalue weighted by Crippen LogP contribution is 2.30. The van der Waals surface area contributed by atoms with Gasteiger partial charge in [0.05, 0.1) is 0 Å². The summed E-state index contributed by atoms with van der Waals surface area (Å²) in [7, 11) is 1.62. The number of nitrogens with one attached hydrogen (secondary N) is 1. The van der Waals surface area contributed by atoms with Crippen LogP contribution in [0.4, 0.5) is 4.79 Å². The highest BCUT2D eigenvalue weighted by atomic mass is 16.2. The van der Waals surface area contributed by atoms with Crippen molar-refractivity contribution in [2.75, 3.05) is 7.05 Å². The molecule has 3 amide bonds. The first-order valence-electron chi connectivity index (χ1n) is 4.71. The molecule has 0 bridgehead atoms. The van der Waals surface area contributed by atoms with Crippen LogP contribution in [-0.4, -0.2) is 23.9 Å². The summed E-state index contributed by atoms with van der Waals surface area (Å²) < 4.78 is 0. The van der Waals surface area contributed by atoms with Gasteiger partial charge >= 0.3 is 6.03 Å². The monoisotopic (exact) mass is 204 g/mol. The molecule has 0 unspecified atom stereocenters. The Morgan fingerprint density at radius 2 is 1.80 bits per heavy atom. The van der Waals surface area contributed by atoms with Crippen LogP contribution in [-0.2, 0) is 10.3 Å². The Balaban J connectivity index is 2.51. The van der Waals surface area contributed by atoms with Crippen molar-refractivity contribution in [1.82, 2.24) is 10.2 Å². The third kappa shape index (κ3) is 1.21. The highest BCUT2D eigenvalue weighted by Gasteiger charge is 2.48. The lowest BCUT2D eigenvalue weighted by Crippen LogP contribution is -2.41. The van der Waals surface area contributed by atoms with Crippen LogP contribution in [0.1, 0.15) is 12.5 Å². The van der Waals surface area contributed by atoms with E-state index in [0.717, 1.165) is 5.56 Å². The van der Waals surface area contributed by atoms with Gasteiger partial charge in [-0.05, 0) is 12.5 Å². The molecule has 0 saturated carbocycles. The van der Waals surface area contributed by atoms with E-state index < -0.39 is 5.54 Å². The van der Waals surface area contributed by atoms with E-state index in [2.05, 4.69) is 5.32 Å². The molecule has 0 aromatic heterocycles. The van der Waals surface area contributed by atoms with Gasteiger partial charge in [0.1, 0.15) is 5.54 Å². The summed E-state index contributed by atoms with van der Waals surface area (Å²) >= 11 is 0. The average molecular weight is 204 g/mol. The predicted octanol–water partition coefficient (Wildman–Crippen LogP) is 1.08. The van der Waals surface area contributed by atoms with Gasteiger partial charge in [-0.2, -0.15) is 0 Å². The van der Waals surface area contributed by atoms with Crippen LogP contribution in [0.5, 0.6) is 0 Å². The number of imide groups is 1. The maximum absolute atomic E-state index is 11.7. The lowest BCUT2D eigenvalue weighted by atomic mass is 9.91. The molecule has 1 aromatic carbocycles. The molecular formula is C11H12N2O2. The van der Waals surface area contributed by atoms with Crippen molar-refractivity contribution in [3.8, 4) is 0 Å². The number of urea groups is 1. The highest BCUT2D eigenvalue weighted by molar-refractivity contribution is 6.07. The van der Waals surface area contributed by atoms with Gasteiger partial charge in [-0.15, -0.1) is 0 Å². The maximum atomic E-state index is 11.7. The van der Waals surface area contributed by atoms with E-state index in [1.807, 2.05) is 30.3 Å². The molecule has 1 N–H and O–H groups in total. The number of carbonyl (C=O) groups excluding carboxylic acids is 2. The minimum absolute atomic E-state index is 0.277. The minimum atomic E-state index is -0.891. The third-order valence-electron chi connectivity index (χ3n) is 2.97. The Bertz CT molecular complexity index is 416. The molecule has 1 aliphatic rings. The second kappa shape index (κ2) is 3.08. The van der Waals surface area contributed by atoms with E-state index in [1.54, 1.807) is 14.0 Å². The standard InChI is InChI=1S/C11H12N2O2/c1-11(8-6-4-3-5-7-8)9(14)12-10(15)13(11)2/h3-7H,1-2H3,(H,12,14,15)/t11-/m0/s1. The minimum Gasteiger partial charge on any atom is -0.309 e. The van der Waals surface area contributed by atoms with E-state index in [9.17, 15) is 9.59 Å². The van der Waals surface area contributed by atoms with Crippen molar-refractivity contribution < 1.29 is 9.59 Å². The molecule has 2 rings (SSSR count). The van der Waals surface area contributed by atoms with E-state index in [4.69, 9.17) is 0 Å². The molecule has 15 heavy (non-hydrogen) atoms. The Kier molecular flexibility index (Phi) is 2.00. The number of amides is 3. The summed E-state index contributed by atoms with van der Waals surface area (Å²) in [6, 6.07) is 8.91. The molecule has 1 atom stereocenters. The van der Waals surface area contributed by atoms with Crippen LogP contribution in [0.3, 0.4) is 0 Å². The SMILES string of the molecule is CN1C(=O)NC(=O)[C@]1(C)c1ccccc1. The van der Waals surface area contributed by atoms with Crippen molar-refractivity contribution in [2.24, 2.45) is 0 Å². The zero-order valence-electron chi connectivity index (χ0n) is 8.65. The Labute approximate surface area is 87.9 Å². The molecule has 0 aliphatic carbocycles.